The van der Waals surface area contributed by atoms with Crippen LogP contribution in [-0.2, 0) is 17.9 Å². The number of nitrogens with zero attached hydrogens (tertiary/aromatic N) is 8. The molecule has 2 unspecified atom stereocenters. The fourth-order valence-corrected chi connectivity index (χ4v) is 8.83. The van der Waals surface area contributed by atoms with Crippen LogP contribution in [0.3, 0.4) is 0 Å². The van der Waals surface area contributed by atoms with Crippen molar-refractivity contribution in [3.8, 4) is 21.8 Å². The number of imidazole rings is 1. The highest BCUT2D eigenvalue weighted by Gasteiger charge is 2.42. The van der Waals surface area contributed by atoms with Gasteiger partial charge in [-0.3, -0.25) is 23.9 Å². The summed E-state index contributed by atoms with van der Waals surface area (Å²) in [6.45, 7) is 5.82. The largest absolute Gasteiger partial charge is 0.388 e. The molecule has 2 amide bonds. The Kier molecular flexibility index (Phi) is 9.88. The van der Waals surface area contributed by atoms with Crippen LogP contribution in [-0.4, -0.2) is 87.6 Å². The van der Waals surface area contributed by atoms with Gasteiger partial charge in [0.25, 0.3) is 11.5 Å². The summed E-state index contributed by atoms with van der Waals surface area (Å²) in [5.41, 5.74) is 10.4. The molecule has 2 atom stereocenters. The van der Waals surface area contributed by atoms with E-state index in [1.807, 2.05) is 90.4 Å². The van der Waals surface area contributed by atoms with Crippen LogP contribution >= 0.6 is 11.3 Å². The second-order valence-corrected chi connectivity index (χ2v) is 15.7. The van der Waals surface area contributed by atoms with Gasteiger partial charge in [0, 0.05) is 67.6 Å². The summed E-state index contributed by atoms with van der Waals surface area (Å²) in [5.74, 6) is -0.581. The van der Waals surface area contributed by atoms with Crippen LogP contribution in [0.5, 0.6) is 0 Å². The van der Waals surface area contributed by atoms with Gasteiger partial charge in [-0.1, -0.05) is 54.6 Å². The average molecular weight is 758 g/mol. The predicted molar refractivity (Wildman–Crippen MR) is 209 cm³/mol. The molecule has 55 heavy (non-hydrogen) atoms. The van der Waals surface area contributed by atoms with Crippen LogP contribution in [0.25, 0.3) is 27.5 Å². The average Bonchev–Trinajstić information content (AvgIpc) is 3.83. The second-order valence-electron chi connectivity index (χ2n) is 14.7. The van der Waals surface area contributed by atoms with Crippen molar-refractivity contribution in [1.29, 1.82) is 0 Å². The Balaban J connectivity index is 0.947. The summed E-state index contributed by atoms with van der Waals surface area (Å²) >= 11 is 1.38. The molecule has 4 aromatic heterocycles. The molecule has 2 saturated heterocycles. The highest BCUT2D eigenvalue weighted by atomic mass is 32.1. The Hall–Kier alpha value is -5.57. The molecule has 0 radical (unpaired) electrons. The number of carbonyl (C=O) groups excluding carboxylic acids is 2. The molecule has 0 bridgehead atoms. The zero-order valence-electron chi connectivity index (χ0n) is 30.8. The molecular formula is C41H43N9O4S. The molecular weight excluding hydrogens is 715 g/mol. The summed E-state index contributed by atoms with van der Waals surface area (Å²) in [6.07, 6.45) is 5.97. The van der Waals surface area contributed by atoms with Gasteiger partial charge in [0.15, 0.2) is 0 Å². The van der Waals surface area contributed by atoms with Crippen LogP contribution in [0.4, 0.5) is 0 Å². The first kappa shape index (κ1) is 36.4. The lowest BCUT2D eigenvalue weighted by Crippen LogP contribution is -2.53. The van der Waals surface area contributed by atoms with Crippen molar-refractivity contribution in [3.05, 3.63) is 123 Å². The van der Waals surface area contributed by atoms with E-state index in [1.54, 1.807) is 12.4 Å². The van der Waals surface area contributed by atoms with Gasteiger partial charge in [0.1, 0.15) is 16.2 Å². The quantitative estimate of drug-likeness (QED) is 0.228. The zero-order valence-corrected chi connectivity index (χ0v) is 31.7. The molecule has 2 aliphatic rings. The number of carbonyl (C=O) groups is 2. The molecule has 2 aliphatic heterocycles. The highest BCUT2D eigenvalue weighted by Crippen LogP contribution is 2.37. The maximum Gasteiger partial charge on any atom is 0.296 e. The van der Waals surface area contributed by atoms with Gasteiger partial charge in [-0.2, -0.15) is 5.10 Å². The van der Waals surface area contributed by atoms with Crippen LogP contribution in [0.2, 0.25) is 0 Å². The Labute approximate surface area is 322 Å². The van der Waals surface area contributed by atoms with Crippen molar-refractivity contribution in [2.24, 2.45) is 11.7 Å². The smallest absolute Gasteiger partial charge is 0.296 e. The Morgan fingerprint density at radius 2 is 1.67 bits per heavy atom. The van der Waals surface area contributed by atoms with Crippen LogP contribution < -0.4 is 11.3 Å². The normalized spacial score (nSPS) is 18.5. The number of nitrogens with two attached hydrogens (primary N) is 1. The number of aryl methyl sites for hydroxylation is 2. The van der Waals surface area contributed by atoms with E-state index in [9.17, 15) is 19.5 Å². The van der Waals surface area contributed by atoms with E-state index < -0.39 is 5.60 Å². The second kappa shape index (κ2) is 14.9. The Morgan fingerprint density at radius 3 is 2.38 bits per heavy atom. The standard InChI is InChI=1S/C41H43N9O4S/c1-26-8-11-31(21-43-26)37-46-27(2)35(55-37)39(52)48-17-14-32(33(23-48)29-6-4-3-5-7-29)38(51)47-18-15-41(54,16-19-47)24-49-25-45-50-34(22-44-36(50)40(49)53)30-12-9-28(20-42)10-13-30/h3-13,21-22,25,32-33,54H,14-20,23-24,42H2,1-2H3. The molecule has 2 fully saturated rings. The SMILES string of the molecule is Cc1ccc(-c2nc(C)c(C(=O)N3CCC(C(=O)N4CCC(O)(Cn5cnn6c(-c7ccc(CN)cc7)cnc6c5=O)CC4)C(c4ccccc4)C3)s2)cn1. The summed E-state index contributed by atoms with van der Waals surface area (Å²) < 4.78 is 2.92. The molecule has 282 valence electrons. The first-order chi connectivity index (χ1) is 26.6. The van der Waals surface area contributed by atoms with Crippen LogP contribution in [0.15, 0.2) is 90.2 Å². The van der Waals surface area contributed by atoms with E-state index in [0.29, 0.717) is 68.3 Å². The number of aromatic nitrogens is 6. The molecule has 6 aromatic rings. The van der Waals surface area contributed by atoms with Crippen molar-refractivity contribution in [2.75, 3.05) is 26.2 Å². The number of amides is 2. The van der Waals surface area contributed by atoms with E-state index in [-0.39, 0.29) is 41.4 Å². The third kappa shape index (κ3) is 7.20. The fraction of sp³-hybridized carbons (Fsp3) is 0.341. The van der Waals surface area contributed by atoms with Crippen molar-refractivity contribution in [1.82, 2.24) is 38.9 Å². The minimum absolute atomic E-state index is 0.0239. The van der Waals surface area contributed by atoms with E-state index in [2.05, 4.69) is 15.1 Å². The lowest BCUT2D eigenvalue weighted by atomic mass is 9.79. The molecule has 0 aliphatic carbocycles. The van der Waals surface area contributed by atoms with Crippen molar-refractivity contribution in [2.45, 2.75) is 57.7 Å². The minimum atomic E-state index is -1.21. The molecule has 13 nitrogen and oxygen atoms in total. The Bertz CT molecular complexity index is 2400. The lowest BCUT2D eigenvalue weighted by molar-refractivity contribution is -0.142. The first-order valence-electron chi connectivity index (χ1n) is 18.6. The van der Waals surface area contributed by atoms with Gasteiger partial charge in [-0.15, -0.1) is 11.3 Å². The third-order valence-corrected chi connectivity index (χ3v) is 12.2. The number of piperidine rings is 2. The number of thiazole rings is 1. The number of pyridine rings is 1. The topological polar surface area (TPSA) is 165 Å². The number of rotatable bonds is 8. The van der Waals surface area contributed by atoms with Gasteiger partial charge >= 0.3 is 0 Å². The van der Waals surface area contributed by atoms with Crippen LogP contribution in [0.1, 0.15) is 57.4 Å². The number of hydrogen-bond donors (Lipinski definition) is 2. The van der Waals surface area contributed by atoms with Gasteiger partial charge in [0.05, 0.1) is 29.7 Å². The van der Waals surface area contributed by atoms with Gasteiger partial charge in [-0.05, 0) is 56.4 Å². The maximum absolute atomic E-state index is 14.3. The highest BCUT2D eigenvalue weighted by molar-refractivity contribution is 7.17. The van der Waals surface area contributed by atoms with E-state index in [0.717, 1.165) is 33.0 Å². The number of benzene rings is 2. The van der Waals surface area contributed by atoms with E-state index in [4.69, 9.17) is 10.7 Å². The van der Waals surface area contributed by atoms with Gasteiger partial charge in [-0.25, -0.2) is 14.5 Å². The molecule has 6 heterocycles. The number of aliphatic hydroxyl groups is 1. The van der Waals surface area contributed by atoms with Crippen LogP contribution in [0, 0.1) is 19.8 Å². The molecule has 14 heteroatoms. The van der Waals surface area contributed by atoms with Crippen molar-refractivity contribution < 1.29 is 14.7 Å². The third-order valence-electron chi connectivity index (χ3n) is 11.0. The Morgan fingerprint density at radius 1 is 0.927 bits per heavy atom. The molecule has 0 saturated carbocycles. The van der Waals surface area contributed by atoms with Gasteiger partial charge in [0.2, 0.25) is 11.6 Å². The number of fused-ring (bicyclic) bond motifs is 1. The predicted octanol–water partition coefficient (Wildman–Crippen LogP) is 4.45. The van der Waals surface area contributed by atoms with Crippen molar-refractivity contribution in [3.63, 3.8) is 0 Å². The molecule has 8 rings (SSSR count). The minimum Gasteiger partial charge on any atom is -0.388 e. The monoisotopic (exact) mass is 757 g/mol. The summed E-state index contributed by atoms with van der Waals surface area (Å²) in [4.78, 5) is 59.6. The van der Waals surface area contributed by atoms with E-state index in [1.165, 1.54) is 26.7 Å². The fourth-order valence-electron chi connectivity index (χ4n) is 7.80. The first-order valence-corrected chi connectivity index (χ1v) is 19.4. The zero-order chi connectivity index (χ0) is 38.3. The van der Waals surface area contributed by atoms with Gasteiger partial charge < -0.3 is 20.6 Å². The summed E-state index contributed by atoms with van der Waals surface area (Å²) in [6, 6.07) is 21.5. The molecule has 2 aromatic carbocycles. The molecule has 0 spiro atoms. The van der Waals surface area contributed by atoms with E-state index >= 15 is 0 Å². The summed E-state index contributed by atoms with van der Waals surface area (Å²) in [7, 11) is 0. The van der Waals surface area contributed by atoms with Crippen molar-refractivity contribution >= 4 is 28.8 Å². The number of hydrogen-bond acceptors (Lipinski definition) is 10. The summed E-state index contributed by atoms with van der Waals surface area (Å²) in [5, 5.41) is 16.9. The molecule has 3 N–H and O–H groups in total. The lowest BCUT2D eigenvalue weighted by Gasteiger charge is -2.43. The number of likely N-dealkylation sites (tertiary alicyclic amines) is 2. The maximum atomic E-state index is 14.3.